The molecule has 0 spiro atoms. The summed E-state index contributed by atoms with van der Waals surface area (Å²) in [6, 6.07) is 2.57. The molecule has 0 saturated heterocycles. The van der Waals surface area contributed by atoms with Crippen molar-refractivity contribution in [1.29, 1.82) is 0 Å². The molecule has 22 heavy (non-hydrogen) atoms. The van der Waals surface area contributed by atoms with Crippen LogP contribution in [0.15, 0.2) is 24.5 Å². The lowest BCUT2D eigenvalue weighted by atomic mass is 10.1. The molecule has 3 rings (SSSR count). The van der Waals surface area contributed by atoms with Gasteiger partial charge in [0, 0.05) is 23.5 Å². The monoisotopic (exact) mass is 305 g/mol. The Balaban J connectivity index is 1.78. The largest absolute Gasteiger partial charge is 0.467 e. The van der Waals surface area contributed by atoms with Crippen molar-refractivity contribution in [2.75, 3.05) is 12.5 Å². The Kier molecular flexibility index (Phi) is 3.84. The quantitative estimate of drug-likeness (QED) is 0.856. The minimum atomic E-state index is -0.740. The molecule has 0 bridgehead atoms. The molecule has 0 atom stereocenters. The van der Waals surface area contributed by atoms with Crippen molar-refractivity contribution in [2.24, 2.45) is 0 Å². The van der Waals surface area contributed by atoms with E-state index in [2.05, 4.69) is 9.97 Å². The number of hydrogen-bond acceptors (Lipinski definition) is 7. The molecule has 1 aromatic carbocycles. The minimum absolute atomic E-state index is 0.0292. The van der Waals surface area contributed by atoms with Crippen molar-refractivity contribution in [1.82, 2.24) is 9.97 Å². The third kappa shape index (κ3) is 2.82. The normalized spacial score (nSPS) is 13.1. The van der Waals surface area contributed by atoms with Gasteiger partial charge in [-0.05, 0) is 12.1 Å². The highest BCUT2D eigenvalue weighted by molar-refractivity contribution is 5.91. The number of nitrogen functional groups attached to an aromatic ring is 1. The van der Waals surface area contributed by atoms with Crippen LogP contribution in [0.25, 0.3) is 0 Å². The van der Waals surface area contributed by atoms with Crippen LogP contribution in [0.4, 0.5) is 10.2 Å². The summed E-state index contributed by atoms with van der Waals surface area (Å²) < 4.78 is 29.1. The Hall–Kier alpha value is -2.74. The van der Waals surface area contributed by atoms with E-state index in [1.807, 2.05) is 0 Å². The van der Waals surface area contributed by atoms with Crippen LogP contribution < -0.4 is 10.5 Å². The molecule has 7 nitrogen and oxygen atoms in total. The van der Waals surface area contributed by atoms with Crippen LogP contribution in [0, 0.1) is 5.82 Å². The maximum atomic E-state index is 13.6. The number of rotatable bonds is 3. The van der Waals surface area contributed by atoms with E-state index in [0.717, 1.165) is 0 Å². The van der Waals surface area contributed by atoms with E-state index < -0.39 is 11.8 Å². The van der Waals surface area contributed by atoms with Crippen LogP contribution in [0.5, 0.6) is 5.75 Å². The molecule has 0 amide bonds. The zero-order valence-corrected chi connectivity index (χ0v) is 11.4. The number of nitrogens with two attached hydrogens (primary N) is 1. The van der Waals surface area contributed by atoms with E-state index in [1.165, 1.54) is 24.5 Å². The summed E-state index contributed by atoms with van der Waals surface area (Å²) >= 11 is 0. The van der Waals surface area contributed by atoms with Crippen molar-refractivity contribution in [3.8, 4) is 5.75 Å². The van der Waals surface area contributed by atoms with Gasteiger partial charge in [0.05, 0.1) is 6.61 Å². The Bertz CT molecular complexity index is 723. The van der Waals surface area contributed by atoms with Crippen molar-refractivity contribution in [3.63, 3.8) is 0 Å². The molecule has 0 saturated carbocycles. The van der Waals surface area contributed by atoms with Crippen LogP contribution in [0.3, 0.4) is 0 Å². The molecule has 0 fully saturated rings. The second-order valence-corrected chi connectivity index (χ2v) is 4.53. The lowest BCUT2D eigenvalue weighted by molar-refractivity contribution is -0.0183. The number of halogens is 1. The molecule has 1 aliphatic rings. The van der Waals surface area contributed by atoms with Crippen LogP contribution in [-0.2, 0) is 22.7 Å². The van der Waals surface area contributed by atoms with Gasteiger partial charge in [-0.2, -0.15) is 0 Å². The Morgan fingerprint density at radius 3 is 3.00 bits per heavy atom. The van der Waals surface area contributed by atoms with E-state index in [1.54, 1.807) is 0 Å². The SMILES string of the molecule is Nc1nccnc1C(=O)OCc1cc(F)cc2c1OCOC2. The molecule has 2 N–H and O–H groups in total. The predicted octanol–water partition coefficient (Wildman–Crippen LogP) is 1.42. The molecular formula is C14H12FN3O4. The highest BCUT2D eigenvalue weighted by atomic mass is 19.1. The molecule has 2 heterocycles. The number of anilines is 1. The van der Waals surface area contributed by atoms with E-state index in [-0.39, 0.29) is 31.5 Å². The average Bonchev–Trinajstić information content (AvgIpc) is 2.52. The second-order valence-electron chi connectivity index (χ2n) is 4.53. The zero-order valence-electron chi connectivity index (χ0n) is 11.4. The first-order valence-corrected chi connectivity index (χ1v) is 6.40. The van der Waals surface area contributed by atoms with Gasteiger partial charge in [-0.3, -0.25) is 0 Å². The van der Waals surface area contributed by atoms with E-state index in [0.29, 0.717) is 16.9 Å². The number of aromatic nitrogens is 2. The standard InChI is InChI=1S/C14H12FN3O4/c15-10-3-8-5-20-7-22-12(8)9(4-10)6-21-14(19)11-13(16)18-2-1-17-11/h1-4H,5-7H2,(H2,16,18). The highest BCUT2D eigenvalue weighted by Crippen LogP contribution is 2.30. The van der Waals surface area contributed by atoms with Gasteiger partial charge in [0.15, 0.2) is 18.3 Å². The van der Waals surface area contributed by atoms with Crippen LogP contribution in [0.1, 0.15) is 21.6 Å². The second kappa shape index (κ2) is 5.94. The predicted molar refractivity (Wildman–Crippen MR) is 72.2 cm³/mol. The first kappa shape index (κ1) is 14.2. The Morgan fingerprint density at radius 1 is 1.36 bits per heavy atom. The number of benzene rings is 1. The van der Waals surface area contributed by atoms with Gasteiger partial charge in [-0.1, -0.05) is 0 Å². The van der Waals surface area contributed by atoms with Gasteiger partial charge >= 0.3 is 5.97 Å². The molecule has 0 radical (unpaired) electrons. The minimum Gasteiger partial charge on any atom is -0.467 e. The molecular weight excluding hydrogens is 293 g/mol. The van der Waals surface area contributed by atoms with Crippen molar-refractivity contribution in [3.05, 3.63) is 47.2 Å². The van der Waals surface area contributed by atoms with Crippen LogP contribution >= 0.6 is 0 Å². The van der Waals surface area contributed by atoms with E-state index >= 15 is 0 Å². The number of fused-ring (bicyclic) bond motifs is 1. The molecule has 0 aliphatic carbocycles. The molecule has 1 aliphatic heterocycles. The summed E-state index contributed by atoms with van der Waals surface area (Å²) in [5, 5.41) is 0. The van der Waals surface area contributed by atoms with Gasteiger partial charge in [0.1, 0.15) is 18.2 Å². The van der Waals surface area contributed by atoms with Gasteiger partial charge in [0.25, 0.3) is 0 Å². The van der Waals surface area contributed by atoms with Gasteiger partial charge < -0.3 is 19.9 Å². The van der Waals surface area contributed by atoms with Gasteiger partial charge in [-0.25, -0.2) is 19.2 Å². The summed E-state index contributed by atoms with van der Waals surface area (Å²) in [5.74, 6) is -0.764. The first-order valence-electron chi connectivity index (χ1n) is 6.40. The number of hydrogen-bond donors (Lipinski definition) is 1. The maximum absolute atomic E-state index is 13.6. The lowest BCUT2D eigenvalue weighted by Crippen LogP contribution is -2.15. The highest BCUT2D eigenvalue weighted by Gasteiger charge is 2.19. The van der Waals surface area contributed by atoms with Crippen LogP contribution in [-0.4, -0.2) is 22.7 Å². The number of nitrogens with zero attached hydrogens (tertiary/aromatic N) is 2. The molecule has 1 aromatic heterocycles. The number of ether oxygens (including phenoxy) is 3. The third-order valence-electron chi connectivity index (χ3n) is 3.03. The lowest BCUT2D eigenvalue weighted by Gasteiger charge is -2.20. The first-order chi connectivity index (χ1) is 10.6. The van der Waals surface area contributed by atoms with Crippen molar-refractivity contribution >= 4 is 11.8 Å². The Labute approximate surface area is 124 Å². The fourth-order valence-electron chi connectivity index (χ4n) is 2.08. The molecule has 2 aromatic rings. The molecule has 8 heteroatoms. The number of carbonyl (C=O) groups excluding carboxylic acids is 1. The summed E-state index contributed by atoms with van der Waals surface area (Å²) in [6.45, 7) is 0.136. The summed E-state index contributed by atoms with van der Waals surface area (Å²) in [6.07, 6.45) is 2.69. The topological polar surface area (TPSA) is 96.6 Å². The fourth-order valence-corrected chi connectivity index (χ4v) is 2.08. The van der Waals surface area contributed by atoms with Gasteiger partial charge in [-0.15, -0.1) is 0 Å². The molecule has 0 unspecified atom stereocenters. The third-order valence-corrected chi connectivity index (χ3v) is 3.03. The average molecular weight is 305 g/mol. The van der Waals surface area contributed by atoms with Crippen molar-refractivity contribution < 1.29 is 23.4 Å². The number of carbonyl (C=O) groups is 1. The maximum Gasteiger partial charge on any atom is 0.361 e. The summed E-state index contributed by atoms with van der Waals surface area (Å²) in [7, 11) is 0. The van der Waals surface area contributed by atoms with E-state index in [4.69, 9.17) is 19.9 Å². The zero-order chi connectivity index (χ0) is 15.5. The fraction of sp³-hybridized carbons (Fsp3) is 0.214. The van der Waals surface area contributed by atoms with Gasteiger partial charge in [0.2, 0.25) is 0 Å². The molecule has 114 valence electrons. The van der Waals surface area contributed by atoms with Crippen LogP contribution in [0.2, 0.25) is 0 Å². The summed E-state index contributed by atoms with van der Waals surface area (Å²) in [4.78, 5) is 19.5. The van der Waals surface area contributed by atoms with E-state index in [9.17, 15) is 9.18 Å². The smallest absolute Gasteiger partial charge is 0.361 e. The van der Waals surface area contributed by atoms with Crippen molar-refractivity contribution in [2.45, 2.75) is 13.2 Å². The summed E-state index contributed by atoms with van der Waals surface area (Å²) in [5.41, 5.74) is 6.44. The number of esters is 1. The Morgan fingerprint density at radius 2 is 2.18 bits per heavy atom.